The van der Waals surface area contributed by atoms with Crippen LogP contribution >= 0.6 is 11.8 Å². The lowest BCUT2D eigenvalue weighted by Crippen LogP contribution is -2.29. The Bertz CT molecular complexity index is 986. The zero-order valence-corrected chi connectivity index (χ0v) is 15.8. The summed E-state index contributed by atoms with van der Waals surface area (Å²) in [5.74, 6) is 0.404. The van der Waals surface area contributed by atoms with Gasteiger partial charge >= 0.3 is 0 Å². The molecule has 0 fully saturated rings. The van der Waals surface area contributed by atoms with Gasteiger partial charge in [0.25, 0.3) is 5.56 Å². The molecular weight excluding hydrogens is 362 g/mol. The summed E-state index contributed by atoms with van der Waals surface area (Å²) in [5.41, 5.74) is 1.82. The van der Waals surface area contributed by atoms with Crippen LogP contribution in [0.5, 0.6) is 5.75 Å². The third kappa shape index (κ3) is 4.57. The number of nitrogens with zero attached hydrogens (tertiary/aromatic N) is 2. The lowest BCUT2D eigenvalue weighted by molar-refractivity contribution is -0.116. The van der Waals surface area contributed by atoms with Gasteiger partial charge in [-0.15, -0.1) is 0 Å². The Morgan fingerprint density at radius 3 is 2.48 bits per heavy atom. The van der Waals surface area contributed by atoms with Gasteiger partial charge in [-0.25, -0.2) is 4.98 Å². The fraction of sp³-hybridized carbons (Fsp3) is 0.150. The number of thioether (sulfide) groups is 1. The second kappa shape index (κ2) is 8.55. The van der Waals surface area contributed by atoms with Crippen LogP contribution in [-0.2, 0) is 11.3 Å². The van der Waals surface area contributed by atoms with E-state index in [1.54, 1.807) is 31.4 Å². The number of rotatable bonds is 6. The highest BCUT2D eigenvalue weighted by Gasteiger charge is 2.13. The van der Waals surface area contributed by atoms with E-state index < -0.39 is 0 Å². The number of benzene rings is 2. The highest BCUT2D eigenvalue weighted by molar-refractivity contribution is 7.98. The number of aromatic nitrogens is 2. The normalized spacial score (nSPS) is 10.4. The van der Waals surface area contributed by atoms with Crippen LogP contribution in [0.25, 0.3) is 11.3 Å². The molecule has 0 aliphatic heterocycles. The molecule has 0 radical (unpaired) electrons. The van der Waals surface area contributed by atoms with Crippen LogP contribution < -0.4 is 15.6 Å². The third-order valence-electron chi connectivity index (χ3n) is 3.90. The lowest BCUT2D eigenvalue weighted by atomic mass is 10.1. The molecule has 6 nitrogen and oxygen atoms in total. The van der Waals surface area contributed by atoms with Crippen molar-refractivity contribution in [2.24, 2.45) is 0 Å². The maximum atomic E-state index is 12.6. The fourth-order valence-electron chi connectivity index (χ4n) is 2.56. The molecule has 3 aromatic rings. The summed E-state index contributed by atoms with van der Waals surface area (Å²) in [6, 6.07) is 17.9. The van der Waals surface area contributed by atoms with Gasteiger partial charge in [-0.2, -0.15) is 0 Å². The molecule has 27 heavy (non-hydrogen) atoms. The standard InChI is InChI=1S/C20H19N3O3S/c1-26-16-10-8-15(9-11-16)21-18(24)13-23-19(25)12-17(22-20(23)27-2)14-6-4-3-5-7-14/h3-12H,13H2,1-2H3,(H,21,24). The summed E-state index contributed by atoms with van der Waals surface area (Å²) in [4.78, 5) is 29.5. The van der Waals surface area contributed by atoms with E-state index in [9.17, 15) is 9.59 Å². The Balaban J connectivity index is 1.81. The minimum atomic E-state index is -0.299. The van der Waals surface area contributed by atoms with Gasteiger partial charge in [0.2, 0.25) is 5.91 Å². The molecule has 7 heteroatoms. The molecule has 0 aliphatic rings. The van der Waals surface area contributed by atoms with Gasteiger partial charge in [-0.3, -0.25) is 14.2 Å². The average molecular weight is 381 g/mol. The summed E-state index contributed by atoms with van der Waals surface area (Å²) in [7, 11) is 1.58. The predicted molar refractivity (Wildman–Crippen MR) is 107 cm³/mol. The molecule has 0 bridgehead atoms. The minimum Gasteiger partial charge on any atom is -0.497 e. The van der Waals surface area contributed by atoms with Crippen molar-refractivity contribution < 1.29 is 9.53 Å². The minimum absolute atomic E-state index is 0.108. The van der Waals surface area contributed by atoms with E-state index in [-0.39, 0.29) is 18.0 Å². The monoisotopic (exact) mass is 381 g/mol. The van der Waals surface area contributed by atoms with Gasteiger partial charge in [0, 0.05) is 17.3 Å². The van der Waals surface area contributed by atoms with Crippen LogP contribution in [0.15, 0.2) is 70.6 Å². The van der Waals surface area contributed by atoms with E-state index >= 15 is 0 Å². The smallest absolute Gasteiger partial charge is 0.255 e. The summed E-state index contributed by atoms with van der Waals surface area (Å²) >= 11 is 1.33. The zero-order chi connectivity index (χ0) is 19.2. The highest BCUT2D eigenvalue weighted by atomic mass is 32.2. The molecule has 1 heterocycles. The van der Waals surface area contributed by atoms with Crippen molar-refractivity contribution in [2.45, 2.75) is 11.7 Å². The van der Waals surface area contributed by atoms with Gasteiger partial charge < -0.3 is 10.1 Å². The molecule has 0 unspecified atom stereocenters. The Labute approximate surface area is 161 Å². The van der Waals surface area contributed by atoms with E-state index in [1.165, 1.54) is 22.4 Å². The fourth-order valence-corrected chi connectivity index (χ4v) is 3.13. The molecule has 0 spiro atoms. The molecule has 2 aromatic carbocycles. The predicted octanol–water partition coefficient (Wildman–Crippen LogP) is 3.28. The van der Waals surface area contributed by atoms with Crippen LogP contribution in [-0.4, -0.2) is 28.8 Å². The number of ether oxygens (including phenoxy) is 1. The summed E-state index contributed by atoms with van der Waals surface area (Å²) < 4.78 is 6.47. The Hall–Kier alpha value is -3.06. The largest absolute Gasteiger partial charge is 0.497 e. The van der Waals surface area contributed by atoms with Crippen LogP contribution in [0.1, 0.15) is 0 Å². The molecule has 0 atom stereocenters. The first-order chi connectivity index (χ1) is 13.1. The molecule has 1 amide bonds. The van der Waals surface area contributed by atoms with E-state index in [0.29, 0.717) is 22.3 Å². The number of anilines is 1. The SMILES string of the molecule is COc1ccc(NC(=O)Cn2c(SC)nc(-c3ccccc3)cc2=O)cc1. The maximum absolute atomic E-state index is 12.6. The number of amides is 1. The van der Waals surface area contributed by atoms with Crippen molar-refractivity contribution in [3.8, 4) is 17.0 Å². The quantitative estimate of drug-likeness (QED) is 0.524. The average Bonchev–Trinajstić information content (AvgIpc) is 2.70. The second-order valence-electron chi connectivity index (χ2n) is 5.70. The van der Waals surface area contributed by atoms with Gasteiger partial charge in [0.15, 0.2) is 5.16 Å². The molecule has 0 saturated carbocycles. The number of carbonyl (C=O) groups is 1. The first-order valence-electron chi connectivity index (χ1n) is 8.26. The van der Waals surface area contributed by atoms with Crippen molar-refractivity contribution in [2.75, 3.05) is 18.7 Å². The van der Waals surface area contributed by atoms with Crippen molar-refractivity contribution in [1.29, 1.82) is 0 Å². The molecule has 138 valence electrons. The maximum Gasteiger partial charge on any atom is 0.255 e. The van der Waals surface area contributed by atoms with E-state index in [2.05, 4.69) is 10.3 Å². The molecule has 1 N–H and O–H groups in total. The topological polar surface area (TPSA) is 73.2 Å². The number of methoxy groups -OCH3 is 1. The van der Waals surface area contributed by atoms with Gasteiger partial charge in [-0.1, -0.05) is 42.1 Å². The number of nitrogens with one attached hydrogen (secondary N) is 1. The second-order valence-corrected chi connectivity index (χ2v) is 6.47. The number of carbonyl (C=O) groups excluding carboxylic acids is 1. The van der Waals surface area contributed by atoms with Gasteiger partial charge in [-0.05, 0) is 30.5 Å². The van der Waals surface area contributed by atoms with Crippen LogP contribution in [0.3, 0.4) is 0 Å². The Morgan fingerprint density at radius 1 is 1.15 bits per heavy atom. The van der Waals surface area contributed by atoms with Crippen LogP contribution in [0.2, 0.25) is 0 Å². The lowest BCUT2D eigenvalue weighted by Gasteiger charge is -2.12. The molecule has 1 aromatic heterocycles. The Kier molecular flexibility index (Phi) is 5.93. The van der Waals surface area contributed by atoms with Crippen molar-refractivity contribution >= 4 is 23.4 Å². The number of hydrogen-bond acceptors (Lipinski definition) is 5. The third-order valence-corrected chi connectivity index (χ3v) is 4.58. The zero-order valence-electron chi connectivity index (χ0n) is 15.0. The first-order valence-corrected chi connectivity index (χ1v) is 9.48. The van der Waals surface area contributed by atoms with Crippen LogP contribution in [0.4, 0.5) is 5.69 Å². The first kappa shape index (κ1) is 18.7. The van der Waals surface area contributed by atoms with Crippen molar-refractivity contribution in [3.63, 3.8) is 0 Å². The number of hydrogen-bond donors (Lipinski definition) is 1. The van der Waals surface area contributed by atoms with Crippen LogP contribution in [0, 0.1) is 0 Å². The molecule has 3 rings (SSSR count). The highest BCUT2D eigenvalue weighted by Crippen LogP contribution is 2.19. The summed E-state index contributed by atoms with van der Waals surface area (Å²) in [6.07, 6.45) is 1.83. The summed E-state index contributed by atoms with van der Waals surface area (Å²) in [5, 5.41) is 3.27. The van der Waals surface area contributed by atoms with E-state index in [0.717, 1.165) is 5.56 Å². The van der Waals surface area contributed by atoms with Crippen molar-refractivity contribution in [1.82, 2.24) is 9.55 Å². The molecule has 0 saturated heterocycles. The summed E-state index contributed by atoms with van der Waals surface area (Å²) in [6.45, 7) is -0.108. The van der Waals surface area contributed by atoms with E-state index in [1.807, 2.05) is 36.6 Å². The van der Waals surface area contributed by atoms with Crippen molar-refractivity contribution in [3.05, 3.63) is 71.0 Å². The Morgan fingerprint density at radius 2 is 1.85 bits per heavy atom. The molecule has 0 aliphatic carbocycles. The van der Waals surface area contributed by atoms with Gasteiger partial charge in [0.1, 0.15) is 12.3 Å². The van der Waals surface area contributed by atoms with E-state index in [4.69, 9.17) is 4.74 Å². The molecular formula is C20H19N3O3S. The van der Waals surface area contributed by atoms with Gasteiger partial charge in [0.05, 0.1) is 12.8 Å².